The van der Waals surface area contributed by atoms with Gasteiger partial charge in [0.25, 0.3) is 0 Å². The van der Waals surface area contributed by atoms with E-state index in [-0.39, 0.29) is 12.5 Å². The summed E-state index contributed by atoms with van der Waals surface area (Å²) in [6.45, 7) is 0. The van der Waals surface area contributed by atoms with Crippen molar-refractivity contribution in [1.29, 1.82) is 0 Å². The number of carbonyl (C=O) groups is 1. The van der Waals surface area contributed by atoms with E-state index in [1.165, 1.54) is 12.8 Å². The Labute approximate surface area is 88.9 Å². The minimum Gasteiger partial charge on any atom is -0.481 e. The van der Waals surface area contributed by atoms with Crippen molar-refractivity contribution in [2.45, 2.75) is 25.3 Å². The monoisotopic (exact) mass is 205 g/mol. The average molecular weight is 205 g/mol. The van der Waals surface area contributed by atoms with Crippen molar-refractivity contribution in [1.82, 2.24) is 0 Å². The molecule has 0 radical (unpaired) electrons. The van der Waals surface area contributed by atoms with E-state index >= 15 is 0 Å². The van der Waals surface area contributed by atoms with Gasteiger partial charge in [0.2, 0.25) is 0 Å². The van der Waals surface area contributed by atoms with Gasteiger partial charge in [-0.05, 0) is 29.9 Å². The van der Waals surface area contributed by atoms with Crippen molar-refractivity contribution in [3.8, 4) is 0 Å². The summed E-state index contributed by atoms with van der Waals surface area (Å²) < 4.78 is 0. The number of hydrogen-bond acceptors (Lipinski definition) is 2. The predicted molar refractivity (Wildman–Crippen MR) is 57.4 cm³/mol. The molecule has 1 aliphatic rings. The van der Waals surface area contributed by atoms with Gasteiger partial charge in [0.1, 0.15) is 0 Å². The molecule has 3 heteroatoms. The Morgan fingerprint density at radius 2 is 2.13 bits per heavy atom. The molecule has 1 aromatic carbocycles. The van der Waals surface area contributed by atoms with Gasteiger partial charge < -0.3 is 10.8 Å². The fourth-order valence-electron chi connectivity index (χ4n) is 1.89. The van der Waals surface area contributed by atoms with Gasteiger partial charge in [-0.25, -0.2) is 0 Å². The van der Waals surface area contributed by atoms with Crippen molar-refractivity contribution < 1.29 is 9.90 Å². The summed E-state index contributed by atoms with van der Waals surface area (Å²) in [6, 6.07) is 7.60. The smallest absolute Gasteiger partial charge is 0.307 e. The summed E-state index contributed by atoms with van der Waals surface area (Å²) in [5, 5.41) is 8.79. The Kier molecular flexibility index (Phi) is 2.73. The number of nitrogens with two attached hydrogens (primary N) is 1. The van der Waals surface area contributed by atoms with E-state index in [0.717, 1.165) is 11.1 Å². The molecule has 80 valence electrons. The van der Waals surface area contributed by atoms with Crippen LogP contribution in [0.3, 0.4) is 0 Å². The quantitative estimate of drug-likeness (QED) is 0.786. The highest BCUT2D eigenvalue weighted by molar-refractivity contribution is 5.70. The highest BCUT2D eigenvalue weighted by Gasteiger charge is 2.30. The molecule has 0 spiro atoms. The molecule has 1 aromatic rings. The molecule has 3 nitrogen and oxygen atoms in total. The maximum atomic E-state index is 10.7. The molecule has 0 amide bonds. The molecular weight excluding hydrogens is 190 g/mol. The molecule has 1 unspecified atom stereocenters. The van der Waals surface area contributed by atoms with E-state index < -0.39 is 5.97 Å². The zero-order valence-electron chi connectivity index (χ0n) is 8.52. The number of rotatable bonds is 4. The molecule has 0 heterocycles. The third-order valence-corrected chi connectivity index (χ3v) is 2.89. The van der Waals surface area contributed by atoms with Gasteiger partial charge in [0.05, 0.1) is 6.42 Å². The Hall–Kier alpha value is -1.35. The van der Waals surface area contributed by atoms with Crippen molar-refractivity contribution >= 4 is 5.97 Å². The second-order valence-corrected chi connectivity index (χ2v) is 4.13. The van der Waals surface area contributed by atoms with Crippen LogP contribution in [0, 0.1) is 5.92 Å². The van der Waals surface area contributed by atoms with E-state index in [2.05, 4.69) is 0 Å². The van der Waals surface area contributed by atoms with Gasteiger partial charge in [-0.15, -0.1) is 0 Å². The molecular formula is C12H15NO2. The summed E-state index contributed by atoms with van der Waals surface area (Å²) in [6.07, 6.45) is 2.40. The normalized spacial score (nSPS) is 17.4. The Balaban J connectivity index is 2.23. The maximum absolute atomic E-state index is 10.7. The van der Waals surface area contributed by atoms with Crippen LogP contribution in [-0.4, -0.2) is 11.1 Å². The largest absolute Gasteiger partial charge is 0.481 e. The maximum Gasteiger partial charge on any atom is 0.307 e. The lowest BCUT2D eigenvalue weighted by molar-refractivity contribution is -0.136. The number of carboxylic acid groups (broad SMARTS) is 1. The molecule has 0 aromatic heterocycles. The van der Waals surface area contributed by atoms with Gasteiger partial charge in [-0.2, -0.15) is 0 Å². The average Bonchev–Trinajstić information content (AvgIpc) is 3.00. The predicted octanol–water partition coefficient (Wildman–Crippen LogP) is 1.72. The Morgan fingerprint density at radius 3 is 2.73 bits per heavy atom. The molecule has 0 saturated heterocycles. The topological polar surface area (TPSA) is 63.3 Å². The highest BCUT2D eigenvalue weighted by Crippen LogP contribution is 2.40. The number of carboxylic acids is 1. The SMILES string of the molecule is NC(c1ccccc1CC(=O)O)C1CC1. The van der Waals surface area contributed by atoms with Crippen LogP contribution in [0.1, 0.15) is 30.0 Å². The fraction of sp³-hybridized carbons (Fsp3) is 0.417. The van der Waals surface area contributed by atoms with Crippen LogP contribution in [0.5, 0.6) is 0 Å². The summed E-state index contributed by atoms with van der Waals surface area (Å²) in [5.74, 6) is -0.245. The summed E-state index contributed by atoms with van der Waals surface area (Å²) in [7, 11) is 0. The third-order valence-electron chi connectivity index (χ3n) is 2.89. The first-order chi connectivity index (χ1) is 7.18. The van der Waals surface area contributed by atoms with Crippen LogP contribution in [0.25, 0.3) is 0 Å². The molecule has 1 saturated carbocycles. The molecule has 1 aliphatic carbocycles. The van der Waals surface area contributed by atoms with E-state index in [1.54, 1.807) is 0 Å². The van der Waals surface area contributed by atoms with Crippen molar-refractivity contribution in [3.63, 3.8) is 0 Å². The first-order valence-corrected chi connectivity index (χ1v) is 5.23. The molecule has 15 heavy (non-hydrogen) atoms. The van der Waals surface area contributed by atoms with Crippen LogP contribution < -0.4 is 5.73 Å². The van der Waals surface area contributed by atoms with Gasteiger partial charge in [-0.1, -0.05) is 24.3 Å². The Bertz CT molecular complexity index is 372. The minimum atomic E-state index is -0.801. The lowest BCUT2D eigenvalue weighted by Gasteiger charge is -2.14. The van der Waals surface area contributed by atoms with Crippen LogP contribution in [-0.2, 0) is 11.2 Å². The van der Waals surface area contributed by atoms with E-state index in [1.807, 2.05) is 24.3 Å². The van der Waals surface area contributed by atoms with Crippen LogP contribution in [0.15, 0.2) is 24.3 Å². The lowest BCUT2D eigenvalue weighted by Crippen LogP contribution is -2.16. The molecule has 1 atom stereocenters. The number of hydrogen-bond donors (Lipinski definition) is 2. The van der Waals surface area contributed by atoms with Crippen LogP contribution in [0.4, 0.5) is 0 Å². The molecule has 2 rings (SSSR count). The van der Waals surface area contributed by atoms with Crippen molar-refractivity contribution in [3.05, 3.63) is 35.4 Å². The number of benzene rings is 1. The van der Waals surface area contributed by atoms with Crippen molar-refractivity contribution in [2.24, 2.45) is 11.7 Å². The zero-order chi connectivity index (χ0) is 10.8. The van der Waals surface area contributed by atoms with Gasteiger partial charge >= 0.3 is 5.97 Å². The van der Waals surface area contributed by atoms with E-state index in [0.29, 0.717) is 5.92 Å². The minimum absolute atomic E-state index is 0.0144. The lowest BCUT2D eigenvalue weighted by atomic mass is 9.96. The van der Waals surface area contributed by atoms with E-state index in [9.17, 15) is 4.79 Å². The number of aliphatic carboxylic acids is 1. The standard InChI is InChI=1S/C12H15NO2/c13-12(8-5-6-8)10-4-2-1-3-9(10)7-11(14)15/h1-4,8,12H,5-7,13H2,(H,14,15). The molecule has 0 aliphatic heterocycles. The summed E-state index contributed by atoms with van der Waals surface area (Å²) >= 11 is 0. The second kappa shape index (κ2) is 4.03. The molecule has 1 fully saturated rings. The molecule has 3 N–H and O–H groups in total. The van der Waals surface area contributed by atoms with E-state index in [4.69, 9.17) is 10.8 Å². The first-order valence-electron chi connectivity index (χ1n) is 5.23. The van der Waals surface area contributed by atoms with Gasteiger partial charge in [0, 0.05) is 6.04 Å². The second-order valence-electron chi connectivity index (χ2n) is 4.13. The Morgan fingerprint density at radius 1 is 1.47 bits per heavy atom. The van der Waals surface area contributed by atoms with Crippen LogP contribution >= 0.6 is 0 Å². The summed E-state index contributed by atoms with van der Waals surface area (Å²) in [5.41, 5.74) is 7.94. The van der Waals surface area contributed by atoms with Crippen LogP contribution in [0.2, 0.25) is 0 Å². The zero-order valence-corrected chi connectivity index (χ0v) is 8.52. The third kappa shape index (κ3) is 2.36. The summed E-state index contributed by atoms with van der Waals surface area (Å²) in [4.78, 5) is 10.7. The first kappa shape index (κ1) is 10.2. The van der Waals surface area contributed by atoms with Gasteiger partial charge in [-0.3, -0.25) is 4.79 Å². The molecule has 0 bridgehead atoms. The van der Waals surface area contributed by atoms with Crippen molar-refractivity contribution in [2.75, 3.05) is 0 Å². The van der Waals surface area contributed by atoms with Gasteiger partial charge in [0.15, 0.2) is 0 Å². The fourth-order valence-corrected chi connectivity index (χ4v) is 1.89. The highest BCUT2D eigenvalue weighted by atomic mass is 16.4.